The molecule has 5 heteroatoms. The molecule has 1 fully saturated rings. The lowest BCUT2D eigenvalue weighted by atomic mass is 9.97. The number of methoxy groups -OCH3 is 1. The van der Waals surface area contributed by atoms with Crippen LogP contribution in [-0.4, -0.2) is 24.5 Å². The van der Waals surface area contributed by atoms with Crippen LogP contribution in [0.1, 0.15) is 30.4 Å². The zero-order valence-electron chi connectivity index (χ0n) is 10.7. The van der Waals surface area contributed by atoms with Gasteiger partial charge in [-0.15, -0.1) is 0 Å². The molecule has 0 saturated carbocycles. The van der Waals surface area contributed by atoms with Crippen LogP contribution in [0.4, 0.5) is 0 Å². The van der Waals surface area contributed by atoms with Gasteiger partial charge in [0.2, 0.25) is 0 Å². The lowest BCUT2D eigenvalue weighted by Gasteiger charge is -2.22. The van der Waals surface area contributed by atoms with Crippen molar-refractivity contribution in [3.8, 4) is 5.75 Å². The average Bonchev–Trinajstić information content (AvgIpc) is 2.40. The van der Waals surface area contributed by atoms with Crippen LogP contribution >= 0.6 is 0 Å². The molecule has 2 rings (SSSR count). The Morgan fingerprint density at radius 1 is 1.39 bits per heavy atom. The van der Waals surface area contributed by atoms with E-state index in [1.807, 2.05) is 6.07 Å². The highest BCUT2D eigenvalue weighted by atomic mass is 32.2. The van der Waals surface area contributed by atoms with E-state index in [2.05, 4.69) is 19.1 Å². The van der Waals surface area contributed by atoms with Crippen molar-refractivity contribution in [1.82, 2.24) is 0 Å². The van der Waals surface area contributed by atoms with Crippen LogP contribution in [0.15, 0.2) is 18.2 Å². The summed E-state index contributed by atoms with van der Waals surface area (Å²) in [5, 5.41) is 0. The van der Waals surface area contributed by atoms with Crippen LogP contribution in [0.5, 0.6) is 5.75 Å². The molecule has 0 bridgehead atoms. The Labute approximate surface area is 110 Å². The maximum Gasteiger partial charge on any atom is 0.304 e. The van der Waals surface area contributed by atoms with E-state index in [1.165, 1.54) is 5.56 Å². The van der Waals surface area contributed by atoms with Gasteiger partial charge in [-0.3, -0.25) is 8.37 Å². The van der Waals surface area contributed by atoms with Crippen LogP contribution < -0.4 is 4.74 Å². The highest BCUT2D eigenvalue weighted by Crippen LogP contribution is 2.28. The van der Waals surface area contributed by atoms with Gasteiger partial charge in [-0.05, 0) is 23.6 Å². The zero-order chi connectivity index (χ0) is 13.0. The van der Waals surface area contributed by atoms with Crippen molar-refractivity contribution >= 4 is 11.4 Å². The molecule has 1 aromatic carbocycles. The predicted molar refractivity (Wildman–Crippen MR) is 69.8 cm³/mol. The monoisotopic (exact) mass is 270 g/mol. The van der Waals surface area contributed by atoms with Crippen molar-refractivity contribution < 1.29 is 17.3 Å². The molecule has 1 aromatic rings. The fourth-order valence-electron chi connectivity index (χ4n) is 2.04. The van der Waals surface area contributed by atoms with Gasteiger partial charge in [-0.2, -0.15) is 4.21 Å². The first-order valence-corrected chi connectivity index (χ1v) is 7.09. The van der Waals surface area contributed by atoms with Gasteiger partial charge in [0, 0.05) is 5.92 Å². The number of hydrogen-bond donors (Lipinski definition) is 0. The summed E-state index contributed by atoms with van der Waals surface area (Å²) in [4.78, 5) is 0. The summed E-state index contributed by atoms with van der Waals surface area (Å²) in [7, 11) is 1.68. The molecule has 1 aliphatic heterocycles. The molecule has 4 nitrogen and oxygen atoms in total. The van der Waals surface area contributed by atoms with Gasteiger partial charge in [0.15, 0.2) is 0 Å². The zero-order valence-corrected chi connectivity index (χ0v) is 11.5. The van der Waals surface area contributed by atoms with Crippen LogP contribution in [0, 0.1) is 0 Å². The Morgan fingerprint density at radius 3 is 2.72 bits per heavy atom. The van der Waals surface area contributed by atoms with Gasteiger partial charge in [0.05, 0.1) is 20.3 Å². The smallest absolute Gasteiger partial charge is 0.304 e. The second-order valence-electron chi connectivity index (χ2n) is 4.29. The Balaban J connectivity index is 2.16. The SMILES string of the molecule is CCCc1ccc(C2COS(=O)OC2)cc1OC. The number of rotatable bonds is 4. The molecule has 0 atom stereocenters. The normalized spacial score (nSPS) is 23.9. The summed E-state index contributed by atoms with van der Waals surface area (Å²) in [5.74, 6) is 1.02. The molecule has 0 radical (unpaired) electrons. The van der Waals surface area contributed by atoms with Gasteiger partial charge in [-0.1, -0.05) is 25.5 Å². The van der Waals surface area contributed by atoms with Gasteiger partial charge in [0.25, 0.3) is 0 Å². The first-order chi connectivity index (χ1) is 8.74. The minimum Gasteiger partial charge on any atom is -0.496 e. The summed E-state index contributed by atoms with van der Waals surface area (Å²) in [6.07, 6.45) is 2.09. The molecule has 0 spiro atoms. The van der Waals surface area contributed by atoms with Crippen molar-refractivity contribution in [2.75, 3.05) is 20.3 Å². The topological polar surface area (TPSA) is 44.8 Å². The number of ether oxygens (including phenoxy) is 1. The molecule has 0 unspecified atom stereocenters. The van der Waals surface area contributed by atoms with E-state index in [0.717, 1.165) is 24.2 Å². The lowest BCUT2D eigenvalue weighted by molar-refractivity contribution is 0.160. The summed E-state index contributed by atoms with van der Waals surface area (Å²) >= 11 is -1.58. The Kier molecular flexibility index (Phi) is 4.74. The standard InChI is InChI=1S/C13H18O4S/c1-3-4-10-5-6-11(7-13(10)15-2)12-8-16-18(14)17-9-12/h5-7,12H,3-4,8-9H2,1-2H3. The van der Waals surface area contributed by atoms with Crippen LogP contribution in [0.25, 0.3) is 0 Å². The fraction of sp³-hybridized carbons (Fsp3) is 0.538. The van der Waals surface area contributed by atoms with Gasteiger partial charge in [0.1, 0.15) is 5.75 Å². The molecule has 100 valence electrons. The third-order valence-electron chi connectivity index (χ3n) is 3.03. The second-order valence-corrected chi connectivity index (χ2v) is 5.17. The highest BCUT2D eigenvalue weighted by Gasteiger charge is 2.22. The molecule has 18 heavy (non-hydrogen) atoms. The Hall–Kier alpha value is -0.910. The molecule has 1 saturated heterocycles. The molecular formula is C13H18O4S. The van der Waals surface area contributed by atoms with Crippen molar-refractivity contribution in [3.63, 3.8) is 0 Å². The van der Waals surface area contributed by atoms with Crippen LogP contribution in [-0.2, 0) is 26.1 Å². The minimum atomic E-state index is -1.58. The van der Waals surface area contributed by atoms with Crippen molar-refractivity contribution in [2.45, 2.75) is 25.7 Å². The summed E-state index contributed by atoms with van der Waals surface area (Å²) in [6.45, 7) is 2.98. The molecule has 1 aliphatic rings. The van der Waals surface area contributed by atoms with E-state index in [9.17, 15) is 4.21 Å². The first kappa shape index (κ1) is 13.5. The summed E-state index contributed by atoms with van der Waals surface area (Å²) in [5.41, 5.74) is 2.31. The molecular weight excluding hydrogens is 252 g/mol. The molecule has 0 aliphatic carbocycles. The maximum absolute atomic E-state index is 10.9. The van der Waals surface area contributed by atoms with E-state index < -0.39 is 11.4 Å². The lowest BCUT2D eigenvalue weighted by Crippen LogP contribution is -2.23. The minimum absolute atomic E-state index is 0.118. The number of hydrogen-bond acceptors (Lipinski definition) is 4. The fourth-order valence-corrected chi connectivity index (χ4v) is 2.66. The van der Waals surface area contributed by atoms with Crippen molar-refractivity contribution in [3.05, 3.63) is 29.3 Å². The average molecular weight is 270 g/mol. The second kappa shape index (κ2) is 6.31. The van der Waals surface area contributed by atoms with Crippen LogP contribution in [0.2, 0.25) is 0 Å². The Bertz CT molecular complexity index is 423. The van der Waals surface area contributed by atoms with E-state index in [-0.39, 0.29) is 5.92 Å². The quantitative estimate of drug-likeness (QED) is 0.842. The van der Waals surface area contributed by atoms with Crippen molar-refractivity contribution in [2.24, 2.45) is 0 Å². The summed E-state index contributed by atoms with van der Waals surface area (Å²) in [6, 6.07) is 6.18. The maximum atomic E-state index is 10.9. The van der Waals surface area contributed by atoms with E-state index in [0.29, 0.717) is 13.2 Å². The third-order valence-corrected chi connectivity index (χ3v) is 3.69. The highest BCUT2D eigenvalue weighted by molar-refractivity contribution is 7.75. The Morgan fingerprint density at radius 2 is 2.11 bits per heavy atom. The van der Waals surface area contributed by atoms with E-state index in [4.69, 9.17) is 13.1 Å². The van der Waals surface area contributed by atoms with Gasteiger partial charge >= 0.3 is 11.4 Å². The van der Waals surface area contributed by atoms with E-state index >= 15 is 0 Å². The molecule has 0 N–H and O–H groups in total. The van der Waals surface area contributed by atoms with Crippen molar-refractivity contribution in [1.29, 1.82) is 0 Å². The molecule has 0 amide bonds. The number of benzene rings is 1. The summed E-state index contributed by atoms with van der Waals surface area (Å²) < 4.78 is 26.4. The first-order valence-electron chi connectivity index (χ1n) is 6.09. The number of aryl methyl sites for hydroxylation is 1. The van der Waals surface area contributed by atoms with E-state index in [1.54, 1.807) is 7.11 Å². The van der Waals surface area contributed by atoms with Crippen LogP contribution in [0.3, 0.4) is 0 Å². The molecule has 0 aromatic heterocycles. The molecule has 1 heterocycles. The largest absolute Gasteiger partial charge is 0.496 e. The van der Waals surface area contributed by atoms with Gasteiger partial charge < -0.3 is 4.74 Å². The third kappa shape index (κ3) is 3.10. The predicted octanol–water partition coefficient (Wildman–Crippen LogP) is 2.36. The van der Waals surface area contributed by atoms with Gasteiger partial charge in [-0.25, -0.2) is 0 Å².